The van der Waals surface area contributed by atoms with E-state index in [1.807, 2.05) is 25.1 Å². The zero-order valence-electron chi connectivity index (χ0n) is 16.0. The summed E-state index contributed by atoms with van der Waals surface area (Å²) < 4.78 is 25.5. The highest BCUT2D eigenvalue weighted by Crippen LogP contribution is 2.29. The van der Waals surface area contributed by atoms with E-state index < -0.39 is 5.56 Å². The Kier molecular flexibility index (Phi) is 5.93. The Hall–Kier alpha value is -3.35. The average molecular weight is 383 g/mol. The summed E-state index contributed by atoms with van der Waals surface area (Å²) in [6, 6.07) is 11.8. The molecule has 0 unspecified atom stereocenters. The normalized spacial score (nSPS) is 10.6. The molecule has 3 aromatic rings. The van der Waals surface area contributed by atoms with Gasteiger partial charge in [-0.3, -0.25) is 4.79 Å². The van der Waals surface area contributed by atoms with Gasteiger partial charge in [0, 0.05) is 11.3 Å². The second-order valence-electron chi connectivity index (χ2n) is 6.16. The van der Waals surface area contributed by atoms with E-state index in [4.69, 9.17) is 9.47 Å². The van der Waals surface area contributed by atoms with Crippen molar-refractivity contribution in [2.75, 3.05) is 19.5 Å². The van der Waals surface area contributed by atoms with Crippen LogP contribution in [0.15, 0.2) is 53.5 Å². The van der Waals surface area contributed by atoms with Crippen molar-refractivity contribution in [1.82, 2.24) is 9.55 Å². The maximum absolute atomic E-state index is 13.2. The number of aromatic nitrogens is 2. The van der Waals surface area contributed by atoms with Crippen LogP contribution in [0.1, 0.15) is 18.1 Å². The van der Waals surface area contributed by atoms with E-state index in [9.17, 15) is 9.18 Å². The zero-order chi connectivity index (χ0) is 20.1. The number of benzene rings is 2. The lowest BCUT2D eigenvalue weighted by Crippen LogP contribution is -2.19. The van der Waals surface area contributed by atoms with Gasteiger partial charge in [0.05, 0.1) is 27.0 Å². The molecule has 1 heterocycles. The first-order valence-corrected chi connectivity index (χ1v) is 8.88. The summed E-state index contributed by atoms with van der Waals surface area (Å²) in [7, 11) is 3.04. The van der Waals surface area contributed by atoms with Crippen LogP contribution in [0.5, 0.6) is 11.5 Å². The molecule has 0 saturated carbocycles. The van der Waals surface area contributed by atoms with Crippen LogP contribution in [0, 0.1) is 5.82 Å². The molecule has 3 rings (SSSR count). The first kappa shape index (κ1) is 19.4. The Morgan fingerprint density at radius 1 is 1.07 bits per heavy atom. The molecule has 146 valence electrons. The second-order valence-corrected chi connectivity index (χ2v) is 6.16. The van der Waals surface area contributed by atoms with E-state index in [-0.39, 0.29) is 11.6 Å². The third-order valence-corrected chi connectivity index (χ3v) is 4.40. The van der Waals surface area contributed by atoms with Crippen LogP contribution in [-0.4, -0.2) is 23.8 Å². The number of rotatable bonds is 7. The Bertz CT molecular complexity index is 1020. The maximum atomic E-state index is 13.2. The molecular formula is C21H22FN3O3. The van der Waals surface area contributed by atoms with Crippen molar-refractivity contribution in [3.05, 3.63) is 76.0 Å². The lowest BCUT2D eigenvalue weighted by molar-refractivity contribution is 0.402. The largest absolute Gasteiger partial charge is 0.496 e. The minimum Gasteiger partial charge on any atom is -0.496 e. The molecule has 0 fully saturated rings. The van der Waals surface area contributed by atoms with Gasteiger partial charge in [-0.15, -0.1) is 0 Å². The van der Waals surface area contributed by atoms with Gasteiger partial charge < -0.3 is 19.4 Å². The number of hydrogen-bond donors (Lipinski definition) is 1. The summed E-state index contributed by atoms with van der Waals surface area (Å²) in [5.74, 6) is 0.946. The highest BCUT2D eigenvalue weighted by Gasteiger charge is 2.13. The second kappa shape index (κ2) is 8.56. The van der Waals surface area contributed by atoms with Crippen molar-refractivity contribution in [2.45, 2.75) is 19.9 Å². The van der Waals surface area contributed by atoms with Gasteiger partial charge in [-0.05, 0) is 36.2 Å². The molecule has 6 nitrogen and oxygen atoms in total. The van der Waals surface area contributed by atoms with Crippen LogP contribution in [0.2, 0.25) is 0 Å². The smallest absolute Gasteiger partial charge is 0.316 e. The van der Waals surface area contributed by atoms with Crippen molar-refractivity contribution in [3.8, 4) is 11.5 Å². The van der Waals surface area contributed by atoms with E-state index in [0.29, 0.717) is 12.5 Å². The fourth-order valence-corrected chi connectivity index (χ4v) is 2.98. The molecular weight excluding hydrogens is 361 g/mol. The van der Waals surface area contributed by atoms with E-state index in [1.165, 1.54) is 19.2 Å². The molecule has 1 N–H and O–H groups in total. The van der Waals surface area contributed by atoms with Gasteiger partial charge in [0.2, 0.25) is 11.7 Å². The van der Waals surface area contributed by atoms with Crippen molar-refractivity contribution in [1.29, 1.82) is 0 Å². The molecule has 2 aromatic carbocycles. The molecule has 28 heavy (non-hydrogen) atoms. The van der Waals surface area contributed by atoms with Crippen LogP contribution in [0.4, 0.5) is 16.0 Å². The van der Waals surface area contributed by atoms with Gasteiger partial charge >= 0.3 is 5.56 Å². The Morgan fingerprint density at radius 3 is 2.43 bits per heavy atom. The lowest BCUT2D eigenvalue weighted by atomic mass is 10.1. The molecule has 0 radical (unpaired) electrons. The van der Waals surface area contributed by atoms with E-state index in [0.717, 1.165) is 29.0 Å². The van der Waals surface area contributed by atoms with E-state index >= 15 is 0 Å². The zero-order valence-corrected chi connectivity index (χ0v) is 16.0. The third kappa shape index (κ3) is 4.14. The Balaban J connectivity index is 2.04. The molecule has 0 atom stereocenters. The summed E-state index contributed by atoms with van der Waals surface area (Å²) in [5.41, 5.74) is 2.16. The standard InChI is InChI=1S/C21H22FN3O3/c1-4-16-17(6-5-7-18(16)27-2)23-21-24-20(26)19(28-3)13-25(21)12-14-8-10-15(22)11-9-14/h5-11,13H,4,12H2,1-3H3,(H,23,24,26). The topological polar surface area (TPSA) is 65.4 Å². The van der Waals surface area contributed by atoms with Gasteiger partial charge in [0.25, 0.3) is 0 Å². The highest BCUT2D eigenvalue weighted by atomic mass is 19.1. The maximum Gasteiger partial charge on any atom is 0.316 e. The summed E-state index contributed by atoms with van der Waals surface area (Å²) in [4.78, 5) is 16.4. The molecule has 0 bridgehead atoms. The molecule has 1 aromatic heterocycles. The lowest BCUT2D eigenvalue weighted by Gasteiger charge is -2.18. The summed E-state index contributed by atoms with van der Waals surface area (Å²) >= 11 is 0. The minimum absolute atomic E-state index is 0.133. The molecule has 7 heteroatoms. The van der Waals surface area contributed by atoms with Crippen molar-refractivity contribution in [3.63, 3.8) is 0 Å². The van der Waals surface area contributed by atoms with E-state index in [2.05, 4.69) is 10.3 Å². The van der Waals surface area contributed by atoms with Gasteiger partial charge in [0.15, 0.2) is 0 Å². The van der Waals surface area contributed by atoms with Crippen molar-refractivity contribution < 1.29 is 13.9 Å². The van der Waals surface area contributed by atoms with Gasteiger partial charge in [-0.25, -0.2) is 4.39 Å². The van der Waals surface area contributed by atoms with Crippen LogP contribution in [0.3, 0.4) is 0 Å². The van der Waals surface area contributed by atoms with Crippen LogP contribution >= 0.6 is 0 Å². The van der Waals surface area contributed by atoms with Gasteiger partial charge in [-0.1, -0.05) is 25.1 Å². The summed E-state index contributed by atoms with van der Waals surface area (Å²) in [5, 5.41) is 3.23. The fourth-order valence-electron chi connectivity index (χ4n) is 2.98. The first-order valence-electron chi connectivity index (χ1n) is 8.88. The Labute approximate surface area is 162 Å². The number of nitrogens with zero attached hydrogens (tertiary/aromatic N) is 2. The quantitative estimate of drug-likeness (QED) is 0.673. The monoisotopic (exact) mass is 383 g/mol. The van der Waals surface area contributed by atoms with Crippen LogP contribution in [-0.2, 0) is 13.0 Å². The Morgan fingerprint density at radius 2 is 1.79 bits per heavy atom. The summed E-state index contributed by atoms with van der Waals surface area (Å²) in [6.45, 7) is 2.41. The molecule has 0 amide bonds. The molecule has 0 aliphatic carbocycles. The minimum atomic E-state index is -0.471. The number of hydrogen-bond acceptors (Lipinski definition) is 5. The number of nitrogens with one attached hydrogen (secondary N) is 1. The first-order chi connectivity index (χ1) is 13.5. The summed E-state index contributed by atoms with van der Waals surface area (Å²) in [6.07, 6.45) is 2.33. The van der Waals surface area contributed by atoms with Crippen molar-refractivity contribution >= 4 is 11.6 Å². The van der Waals surface area contributed by atoms with Gasteiger partial charge in [0.1, 0.15) is 11.6 Å². The molecule has 0 saturated heterocycles. The number of anilines is 2. The van der Waals surface area contributed by atoms with Crippen LogP contribution in [0.25, 0.3) is 0 Å². The van der Waals surface area contributed by atoms with Crippen LogP contribution < -0.4 is 20.3 Å². The number of halogens is 1. The predicted octanol–water partition coefficient (Wildman–Crippen LogP) is 3.75. The molecule has 0 spiro atoms. The molecule has 0 aliphatic rings. The van der Waals surface area contributed by atoms with Gasteiger partial charge in [-0.2, -0.15) is 4.98 Å². The highest BCUT2D eigenvalue weighted by molar-refractivity contribution is 5.63. The fraction of sp³-hybridized carbons (Fsp3) is 0.238. The third-order valence-electron chi connectivity index (χ3n) is 4.40. The number of ether oxygens (including phenoxy) is 2. The average Bonchev–Trinajstić information content (AvgIpc) is 2.71. The molecule has 0 aliphatic heterocycles. The van der Waals surface area contributed by atoms with E-state index in [1.54, 1.807) is 30.0 Å². The van der Waals surface area contributed by atoms with Crippen molar-refractivity contribution in [2.24, 2.45) is 0 Å². The SMILES string of the molecule is CCc1c(Nc2nc(=O)c(OC)cn2Cc2ccc(F)cc2)cccc1OC. The number of methoxy groups -OCH3 is 2. The predicted molar refractivity (Wildman–Crippen MR) is 106 cm³/mol.